The van der Waals surface area contributed by atoms with Crippen LogP contribution in [0.25, 0.3) is 0 Å². The summed E-state index contributed by atoms with van der Waals surface area (Å²) in [7, 11) is 4.27. The standard InChI is InChI=1S/C17H25N5/c1-14-6-4-8-17(19-14)22-9-5-7-15(12-22)20(2)11-16-10-18-13-21(16)3/h4,6,8,10,13,15H,5,7,9,11-12H2,1-3H3/t15-/m0/s1. The fraction of sp³-hybridized carbons (Fsp3) is 0.529. The number of pyridine rings is 1. The summed E-state index contributed by atoms with van der Waals surface area (Å²) >= 11 is 0. The Labute approximate surface area is 132 Å². The lowest BCUT2D eigenvalue weighted by Crippen LogP contribution is -2.46. The SMILES string of the molecule is Cc1cccc(N2CCC[C@H](N(C)Cc3cncn3C)C2)n1. The average molecular weight is 299 g/mol. The number of nitrogens with zero attached hydrogens (tertiary/aromatic N) is 5. The first-order chi connectivity index (χ1) is 10.6. The van der Waals surface area contributed by atoms with E-state index in [0.29, 0.717) is 6.04 Å². The van der Waals surface area contributed by atoms with Crippen LogP contribution >= 0.6 is 0 Å². The average Bonchev–Trinajstić information content (AvgIpc) is 2.92. The Morgan fingerprint density at radius 3 is 2.95 bits per heavy atom. The predicted molar refractivity (Wildman–Crippen MR) is 88.9 cm³/mol. The van der Waals surface area contributed by atoms with Gasteiger partial charge in [0.25, 0.3) is 0 Å². The van der Waals surface area contributed by atoms with Crippen molar-refractivity contribution in [3.05, 3.63) is 42.1 Å². The van der Waals surface area contributed by atoms with Crippen molar-refractivity contribution in [1.29, 1.82) is 0 Å². The van der Waals surface area contributed by atoms with Crippen molar-refractivity contribution in [1.82, 2.24) is 19.4 Å². The molecule has 1 aliphatic heterocycles. The van der Waals surface area contributed by atoms with Crippen LogP contribution in [0.1, 0.15) is 24.2 Å². The molecule has 1 fully saturated rings. The number of rotatable bonds is 4. The molecule has 0 N–H and O–H groups in total. The van der Waals surface area contributed by atoms with E-state index in [1.54, 1.807) is 0 Å². The second-order valence-electron chi connectivity index (χ2n) is 6.29. The van der Waals surface area contributed by atoms with E-state index in [1.165, 1.54) is 18.5 Å². The van der Waals surface area contributed by atoms with Gasteiger partial charge in [-0.2, -0.15) is 0 Å². The lowest BCUT2D eigenvalue weighted by atomic mass is 10.0. The monoisotopic (exact) mass is 299 g/mol. The van der Waals surface area contributed by atoms with Crippen molar-refractivity contribution in [3.63, 3.8) is 0 Å². The van der Waals surface area contributed by atoms with Gasteiger partial charge in [-0.25, -0.2) is 9.97 Å². The van der Waals surface area contributed by atoms with Crippen molar-refractivity contribution in [3.8, 4) is 0 Å². The normalized spacial score (nSPS) is 18.9. The summed E-state index contributed by atoms with van der Waals surface area (Å²) < 4.78 is 2.10. The van der Waals surface area contributed by atoms with Gasteiger partial charge in [0.2, 0.25) is 0 Å². The van der Waals surface area contributed by atoms with E-state index in [2.05, 4.69) is 63.6 Å². The van der Waals surface area contributed by atoms with Crippen LogP contribution in [0.15, 0.2) is 30.7 Å². The topological polar surface area (TPSA) is 37.2 Å². The van der Waals surface area contributed by atoms with Crippen LogP contribution in [0, 0.1) is 6.92 Å². The van der Waals surface area contributed by atoms with Crippen molar-refractivity contribution < 1.29 is 0 Å². The fourth-order valence-electron chi connectivity index (χ4n) is 3.15. The van der Waals surface area contributed by atoms with Crippen LogP contribution in [0.2, 0.25) is 0 Å². The Morgan fingerprint density at radius 2 is 2.23 bits per heavy atom. The maximum atomic E-state index is 4.67. The van der Waals surface area contributed by atoms with Gasteiger partial charge in [0.1, 0.15) is 5.82 Å². The minimum absolute atomic E-state index is 0.561. The summed E-state index contributed by atoms with van der Waals surface area (Å²) in [5.41, 5.74) is 2.34. The number of imidazole rings is 1. The van der Waals surface area contributed by atoms with E-state index in [9.17, 15) is 0 Å². The van der Waals surface area contributed by atoms with Crippen molar-refractivity contribution in [2.45, 2.75) is 32.4 Å². The molecule has 22 heavy (non-hydrogen) atoms. The summed E-state index contributed by atoms with van der Waals surface area (Å²) in [4.78, 5) is 13.7. The first-order valence-electron chi connectivity index (χ1n) is 7.97. The van der Waals surface area contributed by atoms with Gasteiger partial charge >= 0.3 is 0 Å². The van der Waals surface area contributed by atoms with Gasteiger partial charge in [0, 0.05) is 44.6 Å². The number of aryl methyl sites for hydroxylation is 2. The maximum Gasteiger partial charge on any atom is 0.128 e. The van der Waals surface area contributed by atoms with Crippen LogP contribution in [-0.2, 0) is 13.6 Å². The van der Waals surface area contributed by atoms with Gasteiger partial charge in [-0.1, -0.05) is 6.07 Å². The molecule has 0 unspecified atom stereocenters. The number of piperidine rings is 1. The molecule has 1 atom stereocenters. The van der Waals surface area contributed by atoms with E-state index < -0.39 is 0 Å². The number of anilines is 1. The molecule has 1 saturated heterocycles. The Balaban J connectivity index is 1.66. The molecular weight excluding hydrogens is 274 g/mol. The molecule has 2 aromatic rings. The molecular formula is C17H25N5. The molecule has 0 spiro atoms. The minimum Gasteiger partial charge on any atom is -0.355 e. The van der Waals surface area contributed by atoms with Gasteiger partial charge in [-0.15, -0.1) is 0 Å². The van der Waals surface area contributed by atoms with Crippen molar-refractivity contribution in [2.24, 2.45) is 7.05 Å². The van der Waals surface area contributed by atoms with E-state index in [4.69, 9.17) is 0 Å². The summed E-state index contributed by atoms with van der Waals surface area (Å²) in [6.07, 6.45) is 6.29. The molecule has 118 valence electrons. The molecule has 3 rings (SSSR count). The lowest BCUT2D eigenvalue weighted by molar-refractivity contribution is 0.203. The largest absolute Gasteiger partial charge is 0.355 e. The molecule has 5 nitrogen and oxygen atoms in total. The molecule has 2 aromatic heterocycles. The smallest absolute Gasteiger partial charge is 0.128 e. The van der Waals surface area contributed by atoms with Crippen molar-refractivity contribution in [2.75, 3.05) is 25.0 Å². The third-order valence-electron chi connectivity index (χ3n) is 4.55. The Hall–Kier alpha value is -1.88. The molecule has 0 amide bonds. The Bertz CT molecular complexity index is 621. The third kappa shape index (κ3) is 3.30. The zero-order valence-corrected chi connectivity index (χ0v) is 13.7. The third-order valence-corrected chi connectivity index (χ3v) is 4.55. The highest BCUT2D eigenvalue weighted by molar-refractivity contribution is 5.40. The fourth-order valence-corrected chi connectivity index (χ4v) is 3.15. The lowest BCUT2D eigenvalue weighted by Gasteiger charge is -2.38. The second kappa shape index (κ2) is 6.48. The van der Waals surface area contributed by atoms with Gasteiger partial charge in [-0.3, -0.25) is 4.90 Å². The number of hydrogen-bond acceptors (Lipinski definition) is 4. The zero-order chi connectivity index (χ0) is 15.5. The Kier molecular flexibility index (Phi) is 4.43. The number of aromatic nitrogens is 3. The molecule has 0 radical (unpaired) electrons. The number of likely N-dealkylation sites (N-methyl/N-ethyl adjacent to an activating group) is 1. The Morgan fingerprint density at radius 1 is 1.36 bits per heavy atom. The zero-order valence-electron chi connectivity index (χ0n) is 13.7. The molecule has 5 heteroatoms. The summed E-state index contributed by atoms with van der Waals surface area (Å²) in [5, 5.41) is 0. The van der Waals surface area contributed by atoms with Crippen molar-refractivity contribution >= 4 is 5.82 Å². The first kappa shape index (κ1) is 15.0. The number of hydrogen-bond donors (Lipinski definition) is 0. The van der Waals surface area contributed by atoms with E-state index >= 15 is 0 Å². The predicted octanol–water partition coefficient (Wildman–Crippen LogP) is 2.22. The highest BCUT2D eigenvalue weighted by atomic mass is 15.3. The molecule has 3 heterocycles. The van der Waals surface area contributed by atoms with Gasteiger partial charge in [-0.05, 0) is 38.9 Å². The maximum absolute atomic E-state index is 4.67. The van der Waals surface area contributed by atoms with E-state index in [-0.39, 0.29) is 0 Å². The van der Waals surface area contributed by atoms with Crippen LogP contribution in [0.3, 0.4) is 0 Å². The van der Waals surface area contributed by atoms with Crippen LogP contribution in [-0.4, -0.2) is 45.6 Å². The minimum atomic E-state index is 0.561. The molecule has 0 bridgehead atoms. The van der Waals surface area contributed by atoms with Crippen LogP contribution < -0.4 is 4.90 Å². The van der Waals surface area contributed by atoms with Crippen LogP contribution in [0.5, 0.6) is 0 Å². The quantitative estimate of drug-likeness (QED) is 0.867. The first-order valence-corrected chi connectivity index (χ1v) is 7.97. The van der Waals surface area contributed by atoms with E-state index in [0.717, 1.165) is 31.1 Å². The van der Waals surface area contributed by atoms with Gasteiger partial charge in [0.05, 0.1) is 12.0 Å². The summed E-state index contributed by atoms with van der Waals surface area (Å²) in [6.45, 7) is 5.15. The highest BCUT2D eigenvalue weighted by Gasteiger charge is 2.24. The van der Waals surface area contributed by atoms with Gasteiger partial charge < -0.3 is 9.47 Å². The van der Waals surface area contributed by atoms with Gasteiger partial charge in [0.15, 0.2) is 0 Å². The highest BCUT2D eigenvalue weighted by Crippen LogP contribution is 2.21. The van der Waals surface area contributed by atoms with Crippen LogP contribution in [0.4, 0.5) is 5.82 Å². The molecule has 0 aromatic carbocycles. The summed E-state index contributed by atoms with van der Waals surface area (Å²) in [6, 6.07) is 6.84. The second-order valence-corrected chi connectivity index (χ2v) is 6.29. The van der Waals surface area contributed by atoms with E-state index in [1.807, 2.05) is 12.5 Å². The summed E-state index contributed by atoms with van der Waals surface area (Å²) in [5.74, 6) is 1.11. The molecule has 0 aliphatic carbocycles. The molecule has 0 saturated carbocycles. The molecule has 1 aliphatic rings.